The van der Waals surface area contributed by atoms with Crippen LogP contribution in [0.3, 0.4) is 0 Å². The summed E-state index contributed by atoms with van der Waals surface area (Å²) in [5.41, 5.74) is 17.9. The molecule has 5 nitrogen and oxygen atoms in total. The van der Waals surface area contributed by atoms with Crippen molar-refractivity contribution in [2.75, 3.05) is 0 Å². The Morgan fingerprint density at radius 2 is 0.862 bits per heavy atom. The molecule has 0 unspecified atom stereocenters. The Hall–Kier alpha value is -8.41. The summed E-state index contributed by atoms with van der Waals surface area (Å²) in [5, 5.41) is 4.00. The summed E-state index contributed by atoms with van der Waals surface area (Å²) in [4.78, 5) is 15.7. The number of para-hydroxylation sites is 2. The summed E-state index contributed by atoms with van der Waals surface area (Å²) >= 11 is 0. The lowest BCUT2D eigenvalue weighted by Gasteiger charge is -2.22. The highest BCUT2D eigenvalue weighted by atomic mass is 16.3. The van der Waals surface area contributed by atoms with Crippen LogP contribution in [0.2, 0.25) is 0 Å². The molecule has 0 saturated heterocycles. The molecule has 12 aromatic rings. The van der Waals surface area contributed by atoms with Crippen molar-refractivity contribution < 1.29 is 8.83 Å². The summed E-state index contributed by atoms with van der Waals surface area (Å²) in [6, 6.07) is 70.3. The second kappa shape index (κ2) is 14.3. The van der Waals surface area contributed by atoms with Gasteiger partial charge in [-0.3, -0.25) is 0 Å². The highest BCUT2D eigenvalue weighted by Gasteiger charge is 2.35. The Morgan fingerprint density at radius 1 is 0.323 bits per heavy atom. The molecule has 1 aliphatic rings. The van der Waals surface area contributed by atoms with Gasteiger partial charge in [-0.2, -0.15) is 0 Å². The molecule has 306 valence electrons. The van der Waals surface area contributed by atoms with E-state index in [1.807, 2.05) is 48.5 Å². The highest BCUT2D eigenvalue weighted by molar-refractivity contribution is 6.13. The Bertz CT molecular complexity index is 3860. The smallest absolute Gasteiger partial charge is 0.167 e. The van der Waals surface area contributed by atoms with Crippen molar-refractivity contribution in [1.29, 1.82) is 0 Å². The fraction of sp³-hybridized carbons (Fsp3) is 0.0500. The molecule has 0 saturated carbocycles. The van der Waals surface area contributed by atoms with Crippen LogP contribution in [0.1, 0.15) is 25.0 Å². The predicted octanol–water partition coefficient (Wildman–Crippen LogP) is 16.0. The van der Waals surface area contributed by atoms with Crippen molar-refractivity contribution in [1.82, 2.24) is 15.0 Å². The molecule has 65 heavy (non-hydrogen) atoms. The van der Waals surface area contributed by atoms with E-state index in [2.05, 4.69) is 166 Å². The van der Waals surface area contributed by atoms with E-state index in [1.165, 1.54) is 33.4 Å². The summed E-state index contributed by atoms with van der Waals surface area (Å²) in [7, 11) is 0. The lowest BCUT2D eigenvalue weighted by Crippen LogP contribution is -2.14. The molecule has 5 heteroatoms. The molecule has 0 atom stereocenters. The van der Waals surface area contributed by atoms with Gasteiger partial charge in [-0.1, -0.05) is 172 Å². The maximum absolute atomic E-state index is 6.56. The highest BCUT2D eigenvalue weighted by Crippen LogP contribution is 2.50. The van der Waals surface area contributed by atoms with Crippen LogP contribution in [0.15, 0.2) is 209 Å². The monoisotopic (exact) mass is 833 g/mol. The first kappa shape index (κ1) is 37.2. The van der Waals surface area contributed by atoms with Gasteiger partial charge < -0.3 is 8.83 Å². The molecule has 0 aliphatic heterocycles. The quantitative estimate of drug-likeness (QED) is 0.167. The van der Waals surface area contributed by atoms with Crippen molar-refractivity contribution in [2.45, 2.75) is 19.3 Å². The fourth-order valence-electron chi connectivity index (χ4n) is 10.1. The molecule has 0 bridgehead atoms. The minimum atomic E-state index is -0.0516. The zero-order valence-electron chi connectivity index (χ0n) is 35.7. The second-order valence-corrected chi connectivity index (χ2v) is 17.5. The van der Waals surface area contributed by atoms with Crippen LogP contribution in [0, 0.1) is 0 Å². The Labute approximate surface area is 375 Å². The number of nitrogens with zero attached hydrogens (tertiary/aromatic N) is 3. The Kier molecular flexibility index (Phi) is 8.18. The van der Waals surface area contributed by atoms with Crippen molar-refractivity contribution in [3.05, 3.63) is 211 Å². The molecule has 13 rings (SSSR count). The van der Waals surface area contributed by atoms with Crippen LogP contribution in [-0.2, 0) is 5.41 Å². The van der Waals surface area contributed by atoms with Crippen LogP contribution in [0.25, 0.3) is 123 Å². The van der Waals surface area contributed by atoms with Gasteiger partial charge in [-0.25, -0.2) is 15.0 Å². The number of hydrogen-bond acceptors (Lipinski definition) is 5. The zero-order valence-corrected chi connectivity index (χ0v) is 35.7. The third-order valence-corrected chi connectivity index (χ3v) is 13.4. The number of fused-ring (bicyclic) bond motifs is 9. The second-order valence-electron chi connectivity index (χ2n) is 17.5. The van der Waals surface area contributed by atoms with Crippen LogP contribution in [-0.4, -0.2) is 15.0 Å². The van der Waals surface area contributed by atoms with Crippen molar-refractivity contribution in [2.24, 2.45) is 0 Å². The minimum Gasteiger partial charge on any atom is -0.456 e. The van der Waals surface area contributed by atoms with Crippen molar-refractivity contribution in [3.63, 3.8) is 0 Å². The van der Waals surface area contributed by atoms with Crippen LogP contribution in [0.4, 0.5) is 0 Å². The summed E-state index contributed by atoms with van der Waals surface area (Å²) < 4.78 is 13.1. The van der Waals surface area contributed by atoms with Gasteiger partial charge in [0.25, 0.3) is 0 Å². The van der Waals surface area contributed by atoms with E-state index >= 15 is 0 Å². The minimum absolute atomic E-state index is 0.0516. The number of hydrogen-bond donors (Lipinski definition) is 0. The molecule has 3 aromatic heterocycles. The number of furan rings is 2. The number of rotatable bonds is 6. The first-order chi connectivity index (χ1) is 31.9. The first-order valence-corrected chi connectivity index (χ1v) is 22.1. The largest absolute Gasteiger partial charge is 0.456 e. The van der Waals surface area contributed by atoms with E-state index in [9.17, 15) is 0 Å². The summed E-state index contributed by atoms with van der Waals surface area (Å²) in [6.07, 6.45) is 0. The Balaban J connectivity index is 0.935. The average Bonchev–Trinajstić information content (AvgIpc) is 4.01. The molecule has 9 aromatic carbocycles. The SMILES string of the molecule is CC1(C)c2ccccc2-c2ccc(-c3ccc(-c4ccc5oc6cccc(-c7nc(-c8cccc(-c9ccccc9)c8)nc(-c8cccc9c8oc8ccccc89)n7)c6c5c4)cc3)cc21. The topological polar surface area (TPSA) is 65.0 Å². The van der Waals surface area contributed by atoms with Crippen molar-refractivity contribution in [3.8, 4) is 78.7 Å². The van der Waals surface area contributed by atoms with E-state index < -0.39 is 0 Å². The predicted molar refractivity (Wildman–Crippen MR) is 265 cm³/mol. The molecule has 0 spiro atoms. The molecule has 0 radical (unpaired) electrons. The van der Waals surface area contributed by atoms with Gasteiger partial charge in [0.05, 0.1) is 5.56 Å². The lowest BCUT2D eigenvalue weighted by molar-refractivity contribution is 0.660. The van der Waals surface area contributed by atoms with Crippen molar-refractivity contribution >= 4 is 43.9 Å². The van der Waals surface area contributed by atoms with Crippen LogP contribution >= 0.6 is 0 Å². The third-order valence-electron chi connectivity index (χ3n) is 13.4. The zero-order chi connectivity index (χ0) is 43.2. The first-order valence-electron chi connectivity index (χ1n) is 22.1. The standard InChI is InChI=1S/C60H39N3O2/c1-60(2)50-22-8-6-17-43(50)44-31-29-41(35-51(44)60)38-27-25-37(26-28-38)40-30-32-53-49(34-40)55-47(20-12-24-54(55)64-53)58-61-57(42-16-10-15-39(33-42)36-13-4-3-5-14-36)62-59(63-58)48-21-11-19-46-45-18-7-9-23-52(45)65-56(46)48/h3-35H,1-2H3. The van der Waals surface area contributed by atoms with Gasteiger partial charge in [0.15, 0.2) is 17.5 Å². The number of benzene rings is 9. The van der Waals surface area contributed by atoms with Gasteiger partial charge in [-0.05, 0) is 98.1 Å². The lowest BCUT2D eigenvalue weighted by atomic mass is 9.81. The molecule has 0 N–H and O–H groups in total. The van der Waals surface area contributed by atoms with Gasteiger partial charge in [0.1, 0.15) is 22.3 Å². The van der Waals surface area contributed by atoms with Crippen LogP contribution in [0.5, 0.6) is 0 Å². The number of aromatic nitrogens is 3. The molecule has 0 amide bonds. The normalized spacial score (nSPS) is 12.9. The average molecular weight is 834 g/mol. The maximum Gasteiger partial charge on any atom is 0.167 e. The van der Waals surface area contributed by atoms with Crippen LogP contribution < -0.4 is 0 Å². The summed E-state index contributed by atoms with van der Waals surface area (Å²) in [6.45, 7) is 4.66. The van der Waals surface area contributed by atoms with Gasteiger partial charge in [-0.15, -0.1) is 0 Å². The molecular formula is C60H39N3O2. The molecule has 1 aliphatic carbocycles. The van der Waals surface area contributed by atoms with E-state index in [0.717, 1.165) is 82.8 Å². The van der Waals surface area contributed by atoms with E-state index in [0.29, 0.717) is 17.5 Å². The van der Waals surface area contributed by atoms with E-state index in [1.54, 1.807) is 0 Å². The molecule has 0 fully saturated rings. The fourth-order valence-corrected chi connectivity index (χ4v) is 10.1. The molecular weight excluding hydrogens is 795 g/mol. The maximum atomic E-state index is 6.56. The molecule has 3 heterocycles. The van der Waals surface area contributed by atoms with E-state index in [-0.39, 0.29) is 5.41 Å². The summed E-state index contributed by atoms with van der Waals surface area (Å²) in [5.74, 6) is 1.65. The van der Waals surface area contributed by atoms with Gasteiger partial charge >= 0.3 is 0 Å². The van der Waals surface area contributed by atoms with Gasteiger partial charge in [0, 0.05) is 38.1 Å². The third kappa shape index (κ3) is 5.97. The van der Waals surface area contributed by atoms with E-state index in [4.69, 9.17) is 23.8 Å². The van der Waals surface area contributed by atoms with Gasteiger partial charge in [0.2, 0.25) is 0 Å². The Morgan fingerprint density at radius 3 is 1.72 bits per heavy atom.